The molecule has 0 aliphatic heterocycles. The maximum Gasteiger partial charge on any atom is 0.238 e. The summed E-state index contributed by atoms with van der Waals surface area (Å²) in [6.07, 6.45) is 3.21. The summed E-state index contributed by atoms with van der Waals surface area (Å²) in [5.74, 6) is -0.261. The Bertz CT molecular complexity index is 378. The van der Waals surface area contributed by atoms with Crippen LogP contribution < -0.4 is 5.32 Å². The van der Waals surface area contributed by atoms with Gasteiger partial charge in [-0.3, -0.25) is 9.59 Å². The molecule has 5 nitrogen and oxygen atoms in total. The molecular weight excluding hydrogens is 230 g/mol. The van der Waals surface area contributed by atoms with Crippen molar-refractivity contribution in [1.29, 1.82) is 0 Å². The number of carbonyl (C=O) groups is 2. The van der Waals surface area contributed by atoms with Gasteiger partial charge < -0.3 is 5.32 Å². The quantitative estimate of drug-likeness (QED) is 0.764. The van der Waals surface area contributed by atoms with Gasteiger partial charge >= 0.3 is 0 Å². The Morgan fingerprint density at radius 1 is 1.38 bits per heavy atom. The maximum absolute atomic E-state index is 11.6. The molecule has 92 valence electrons. The van der Waals surface area contributed by atoms with Crippen molar-refractivity contribution in [3.05, 3.63) is 0 Å². The maximum atomic E-state index is 11.6. The second-order valence-corrected chi connectivity index (χ2v) is 6.66. The Morgan fingerprint density at radius 3 is 2.31 bits per heavy atom. The molecule has 0 aromatic carbocycles. The van der Waals surface area contributed by atoms with Crippen LogP contribution in [0.4, 0.5) is 0 Å². The van der Waals surface area contributed by atoms with E-state index in [4.69, 9.17) is 0 Å². The summed E-state index contributed by atoms with van der Waals surface area (Å²) in [4.78, 5) is 22.5. The van der Waals surface area contributed by atoms with Crippen LogP contribution in [0.5, 0.6) is 0 Å². The molecule has 1 rings (SSSR count). The first kappa shape index (κ1) is 13.2. The van der Waals surface area contributed by atoms with Crippen molar-refractivity contribution >= 4 is 21.5 Å². The fourth-order valence-electron chi connectivity index (χ4n) is 1.60. The van der Waals surface area contributed by atoms with Gasteiger partial charge in [0.2, 0.25) is 5.91 Å². The van der Waals surface area contributed by atoms with Gasteiger partial charge in [-0.05, 0) is 19.8 Å². The normalized spacial score (nSPS) is 20.5. The molecule has 1 aliphatic carbocycles. The summed E-state index contributed by atoms with van der Waals surface area (Å²) in [6, 6.07) is -0.0607. The predicted octanol–water partition coefficient (Wildman–Crippen LogP) is 0.0474. The largest absolute Gasteiger partial charge is 0.352 e. The molecule has 0 spiro atoms. The van der Waals surface area contributed by atoms with Crippen molar-refractivity contribution in [2.75, 3.05) is 6.26 Å². The number of ketones is 1. The number of hydrogen-bond acceptors (Lipinski definition) is 4. The van der Waals surface area contributed by atoms with E-state index in [1.165, 1.54) is 6.92 Å². The van der Waals surface area contributed by atoms with E-state index in [1.54, 1.807) is 0 Å². The van der Waals surface area contributed by atoms with Gasteiger partial charge in [0.05, 0.1) is 0 Å². The van der Waals surface area contributed by atoms with Gasteiger partial charge in [-0.2, -0.15) is 0 Å². The molecule has 1 aliphatic rings. The van der Waals surface area contributed by atoms with Crippen molar-refractivity contribution in [2.24, 2.45) is 0 Å². The number of nitrogens with one attached hydrogen (secondary N) is 1. The van der Waals surface area contributed by atoms with Crippen molar-refractivity contribution in [2.45, 2.75) is 43.9 Å². The topological polar surface area (TPSA) is 80.3 Å². The Kier molecular flexibility index (Phi) is 4.07. The van der Waals surface area contributed by atoms with Crippen LogP contribution in [0.3, 0.4) is 0 Å². The SMILES string of the molecule is CC(C(=O)NC1CCC(=O)CC1)S(C)(=O)=O. The van der Waals surface area contributed by atoms with Gasteiger partial charge in [-0.15, -0.1) is 0 Å². The molecule has 0 heterocycles. The molecule has 1 atom stereocenters. The summed E-state index contributed by atoms with van der Waals surface area (Å²) >= 11 is 0. The molecule has 0 saturated heterocycles. The van der Waals surface area contributed by atoms with Crippen LogP contribution in [-0.4, -0.2) is 37.7 Å². The van der Waals surface area contributed by atoms with E-state index in [9.17, 15) is 18.0 Å². The average Bonchev–Trinajstić information content (AvgIpc) is 2.19. The minimum atomic E-state index is -3.34. The highest BCUT2D eigenvalue weighted by Gasteiger charge is 2.27. The first-order valence-corrected chi connectivity index (χ1v) is 7.27. The molecule has 1 amide bonds. The summed E-state index contributed by atoms with van der Waals surface area (Å²) in [7, 11) is -3.34. The van der Waals surface area contributed by atoms with E-state index >= 15 is 0 Å². The van der Waals surface area contributed by atoms with Crippen molar-refractivity contribution < 1.29 is 18.0 Å². The zero-order valence-corrected chi connectivity index (χ0v) is 10.3. The Morgan fingerprint density at radius 2 is 1.88 bits per heavy atom. The number of Topliss-reactive ketones (excluding diaryl/α,β-unsaturated/α-hetero) is 1. The minimum absolute atomic E-state index is 0.0607. The lowest BCUT2D eigenvalue weighted by Crippen LogP contribution is -2.44. The van der Waals surface area contributed by atoms with E-state index in [-0.39, 0.29) is 11.8 Å². The van der Waals surface area contributed by atoms with Crippen molar-refractivity contribution in [3.63, 3.8) is 0 Å². The molecule has 0 aromatic rings. The first-order valence-electron chi connectivity index (χ1n) is 5.31. The van der Waals surface area contributed by atoms with E-state index < -0.39 is 21.0 Å². The third-order valence-corrected chi connectivity index (χ3v) is 4.40. The van der Waals surface area contributed by atoms with Crippen LogP contribution in [-0.2, 0) is 19.4 Å². The third kappa shape index (κ3) is 3.59. The zero-order valence-electron chi connectivity index (χ0n) is 9.52. The Labute approximate surface area is 95.5 Å². The standard InChI is InChI=1S/C10H17NO4S/c1-7(16(2,14)15)10(13)11-8-3-5-9(12)6-4-8/h7-8H,3-6H2,1-2H3,(H,11,13). The van der Waals surface area contributed by atoms with Crippen LogP contribution in [0.15, 0.2) is 0 Å². The monoisotopic (exact) mass is 247 g/mol. The van der Waals surface area contributed by atoms with Gasteiger partial charge in [0.1, 0.15) is 11.0 Å². The second-order valence-electron chi connectivity index (χ2n) is 4.29. The van der Waals surface area contributed by atoms with Gasteiger partial charge in [-0.25, -0.2) is 8.42 Å². The molecule has 6 heteroatoms. The second kappa shape index (κ2) is 4.95. The number of hydrogen-bond donors (Lipinski definition) is 1. The van der Waals surface area contributed by atoms with E-state index in [0.29, 0.717) is 25.7 Å². The average molecular weight is 247 g/mol. The van der Waals surface area contributed by atoms with E-state index in [0.717, 1.165) is 6.26 Å². The summed E-state index contributed by atoms with van der Waals surface area (Å²) < 4.78 is 22.3. The molecule has 16 heavy (non-hydrogen) atoms. The van der Waals surface area contributed by atoms with E-state index in [2.05, 4.69) is 5.32 Å². The van der Waals surface area contributed by atoms with Gasteiger partial charge in [0, 0.05) is 25.1 Å². The fourth-order valence-corrected chi connectivity index (χ4v) is 2.05. The van der Waals surface area contributed by atoms with E-state index in [1.807, 2.05) is 0 Å². The lowest BCUT2D eigenvalue weighted by molar-refractivity contribution is -0.124. The Balaban J connectivity index is 2.49. The van der Waals surface area contributed by atoms with Gasteiger partial charge in [0.15, 0.2) is 9.84 Å². The summed E-state index contributed by atoms with van der Waals surface area (Å²) in [6.45, 7) is 1.37. The number of rotatable bonds is 3. The smallest absolute Gasteiger partial charge is 0.238 e. The summed E-state index contributed by atoms with van der Waals surface area (Å²) in [5.41, 5.74) is 0. The van der Waals surface area contributed by atoms with Crippen LogP contribution in [0.2, 0.25) is 0 Å². The van der Waals surface area contributed by atoms with Crippen LogP contribution in [0, 0.1) is 0 Å². The number of amides is 1. The highest BCUT2D eigenvalue weighted by atomic mass is 32.2. The highest BCUT2D eigenvalue weighted by Crippen LogP contribution is 2.15. The highest BCUT2D eigenvalue weighted by molar-refractivity contribution is 7.92. The molecule has 0 bridgehead atoms. The number of sulfone groups is 1. The third-order valence-electron chi connectivity index (χ3n) is 2.90. The predicted molar refractivity (Wildman–Crippen MR) is 59.7 cm³/mol. The van der Waals surface area contributed by atoms with Crippen LogP contribution in [0.1, 0.15) is 32.6 Å². The van der Waals surface area contributed by atoms with Crippen molar-refractivity contribution in [3.8, 4) is 0 Å². The molecule has 1 N–H and O–H groups in total. The van der Waals surface area contributed by atoms with Crippen molar-refractivity contribution in [1.82, 2.24) is 5.32 Å². The molecule has 1 unspecified atom stereocenters. The Hall–Kier alpha value is -0.910. The van der Waals surface area contributed by atoms with Crippen LogP contribution in [0.25, 0.3) is 0 Å². The lowest BCUT2D eigenvalue weighted by atomic mass is 9.94. The van der Waals surface area contributed by atoms with Gasteiger partial charge in [-0.1, -0.05) is 0 Å². The fraction of sp³-hybridized carbons (Fsp3) is 0.800. The number of carbonyl (C=O) groups excluding carboxylic acids is 2. The molecular formula is C10H17NO4S. The first-order chi connectivity index (χ1) is 7.30. The minimum Gasteiger partial charge on any atom is -0.352 e. The van der Waals surface area contributed by atoms with Crippen LogP contribution >= 0.6 is 0 Å². The molecule has 0 radical (unpaired) electrons. The summed E-state index contributed by atoms with van der Waals surface area (Å²) in [5, 5.41) is 1.65. The molecule has 0 aromatic heterocycles. The molecule has 1 fully saturated rings. The lowest BCUT2D eigenvalue weighted by Gasteiger charge is -2.23. The zero-order chi connectivity index (χ0) is 12.3. The van der Waals surface area contributed by atoms with Gasteiger partial charge in [0.25, 0.3) is 0 Å². The molecule has 1 saturated carbocycles.